The van der Waals surface area contributed by atoms with E-state index in [-0.39, 0.29) is 17.4 Å². The van der Waals surface area contributed by atoms with Crippen LogP contribution in [0.1, 0.15) is 27.9 Å². The molecule has 1 N–H and O–H groups in total. The second-order valence-electron chi connectivity index (χ2n) is 6.37. The fourth-order valence-electron chi connectivity index (χ4n) is 2.93. The third-order valence-electron chi connectivity index (χ3n) is 4.32. The largest absolute Gasteiger partial charge is 0.411 e. The average molecular weight is 379 g/mol. The predicted octanol–water partition coefficient (Wildman–Crippen LogP) is 3.90. The van der Waals surface area contributed by atoms with Gasteiger partial charge in [-0.25, -0.2) is 0 Å². The van der Waals surface area contributed by atoms with Gasteiger partial charge in [0, 0.05) is 23.2 Å². The van der Waals surface area contributed by atoms with E-state index < -0.39 is 0 Å². The number of hydrogen-bond donors (Lipinski definition) is 1. The maximum atomic E-state index is 12.5. The molecular formula is C20H17N3O3S. The minimum atomic E-state index is -0.0185. The molecule has 7 heteroatoms. The normalized spacial score (nSPS) is 13.1. The molecule has 136 valence electrons. The highest BCUT2D eigenvalue weighted by Crippen LogP contribution is 2.26. The lowest BCUT2D eigenvalue weighted by Gasteiger charge is -2.17. The lowest BCUT2D eigenvalue weighted by atomic mass is 9.99. The number of ketones is 1. The summed E-state index contributed by atoms with van der Waals surface area (Å²) in [7, 11) is 0. The second-order valence-corrected chi connectivity index (χ2v) is 7.30. The zero-order chi connectivity index (χ0) is 18.8. The lowest BCUT2D eigenvalue weighted by Crippen LogP contribution is -2.19. The number of aryl methyl sites for hydroxylation is 2. The van der Waals surface area contributed by atoms with Crippen molar-refractivity contribution in [3.63, 3.8) is 0 Å². The fraction of sp³-hybridized carbons (Fsp3) is 0.200. The van der Waals surface area contributed by atoms with Crippen molar-refractivity contribution in [2.75, 3.05) is 11.1 Å². The molecule has 0 saturated heterocycles. The number of thioether (sulfide) groups is 1. The van der Waals surface area contributed by atoms with Crippen molar-refractivity contribution in [2.45, 2.75) is 25.0 Å². The summed E-state index contributed by atoms with van der Waals surface area (Å²) in [6.45, 7) is 2.00. The van der Waals surface area contributed by atoms with Crippen LogP contribution in [0.25, 0.3) is 11.5 Å². The Morgan fingerprint density at radius 2 is 2.07 bits per heavy atom. The topological polar surface area (TPSA) is 85.1 Å². The smallest absolute Gasteiger partial charge is 0.277 e. The fourth-order valence-corrected chi connectivity index (χ4v) is 3.59. The molecule has 0 aliphatic carbocycles. The molecule has 2 aromatic carbocycles. The van der Waals surface area contributed by atoms with Gasteiger partial charge in [0.25, 0.3) is 5.22 Å². The van der Waals surface area contributed by atoms with Gasteiger partial charge in [0.15, 0.2) is 5.78 Å². The maximum absolute atomic E-state index is 12.5. The van der Waals surface area contributed by atoms with Crippen molar-refractivity contribution in [1.82, 2.24) is 10.2 Å². The van der Waals surface area contributed by atoms with Gasteiger partial charge in [0.05, 0.1) is 5.75 Å². The minimum Gasteiger partial charge on any atom is -0.411 e. The van der Waals surface area contributed by atoms with E-state index in [1.165, 1.54) is 11.8 Å². The summed E-state index contributed by atoms with van der Waals surface area (Å²) in [5.74, 6) is 0.645. The van der Waals surface area contributed by atoms with Crippen LogP contribution in [0.4, 0.5) is 5.69 Å². The van der Waals surface area contributed by atoms with Gasteiger partial charge in [0.1, 0.15) is 0 Å². The van der Waals surface area contributed by atoms with Crippen LogP contribution in [0.15, 0.2) is 52.1 Å². The number of nitrogens with zero attached hydrogens (tertiary/aromatic N) is 2. The molecule has 2 heterocycles. The minimum absolute atomic E-state index is 0.0120. The maximum Gasteiger partial charge on any atom is 0.277 e. The van der Waals surface area contributed by atoms with Gasteiger partial charge in [-0.3, -0.25) is 9.59 Å². The van der Waals surface area contributed by atoms with Gasteiger partial charge < -0.3 is 9.73 Å². The van der Waals surface area contributed by atoms with Gasteiger partial charge in [-0.05, 0) is 49.2 Å². The molecule has 1 amide bonds. The number of Topliss-reactive ketones (excluding diaryl/α,β-unsaturated/α-hetero) is 1. The quantitative estimate of drug-likeness (QED) is 0.534. The Bertz CT molecular complexity index is 1030. The highest BCUT2D eigenvalue weighted by atomic mass is 32.2. The molecule has 27 heavy (non-hydrogen) atoms. The number of nitrogens with one attached hydrogen (secondary N) is 1. The van der Waals surface area contributed by atoms with Gasteiger partial charge in [-0.1, -0.05) is 29.5 Å². The molecule has 0 saturated carbocycles. The van der Waals surface area contributed by atoms with E-state index in [9.17, 15) is 9.59 Å². The number of rotatable bonds is 5. The summed E-state index contributed by atoms with van der Waals surface area (Å²) in [5, 5.41) is 11.3. The third-order valence-corrected chi connectivity index (χ3v) is 5.14. The number of carbonyl (C=O) groups is 2. The van der Waals surface area contributed by atoms with Crippen LogP contribution in [0.2, 0.25) is 0 Å². The Morgan fingerprint density at radius 3 is 2.93 bits per heavy atom. The van der Waals surface area contributed by atoms with Crippen LogP contribution in [-0.2, 0) is 11.2 Å². The highest BCUT2D eigenvalue weighted by Gasteiger charge is 2.17. The molecule has 4 rings (SSSR count). The van der Waals surface area contributed by atoms with E-state index >= 15 is 0 Å². The molecular weight excluding hydrogens is 362 g/mol. The van der Waals surface area contributed by atoms with Crippen LogP contribution >= 0.6 is 11.8 Å². The molecule has 0 unspecified atom stereocenters. The summed E-state index contributed by atoms with van der Waals surface area (Å²) in [6.07, 6.45) is 1.10. The predicted molar refractivity (Wildman–Crippen MR) is 103 cm³/mol. The highest BCUT2D eigenvalue weighted by molar-refractivity contribution is 7.99. The van der Waals surface area contributed by atoms with Gasteiger partial charge in [0.2, 0.25) is 11.8 Å². The first-order chi connectivity index (χ1) is 13.1. The van der Waals surface area contributed by atoms with Gasteiger partial charge >= 0.3 is 0 Å². The third kappa shape index (κ3) is 3.93. The summed E-state index contributed by atoms with van der Waals surface area (Å²) < 4.78 is 5.65. The molecule has 0 bridgehead atoms. The molecule has 0 radical (unpaired) electrons. The van der Waals surface area contributed by atoms with E-state index in [0.29, 0.717) is 29.5 Å². The van der Waals surface area contributed by atoms with Crippen molar-refractivity contribution in [3.8, 4) is 11.5 Å². The lowest BCUT2D eigenvalue weighted by molar-refractivity contribution is -0.116. The first-order valence-electron chi connectivity index (χ1n) is 8.58. The molecule has 0 fully saturated rings. The Balaban J connectivity index is 1.42. The first kappa shape index (κ1) is 17.5. The Labute approximate surface area is 160 Å². The number of aromatic nitrogens is 2. The van der Waals surface area contributed by atoms with E-state index in [4.69, 9.17) is 4.42 Å². The van der Waals surface area contributed by atoms with Crippen molar-refractivity contribution in [3.05, 3.63) is 59.2 Å². The number of amides is 1. The number of carbonyl (C=O) groups excluding carboxylic acids is 2. The van der Waals surface area contributed by atoms with Crippen LogP contribution in [0.3, 0.4) is 0 Å². The number of anilines is 1. The SMILES string of the molecule is Cc1cccc(-c2nnc(SCC(=O)c3ccc4c(c3)CCC(=O)N4)o2)c1. The van der Waals surface area contributed by atoms with Gasteiger partial charge in [-0.15, -0.1) is 10.2 Å². The summed E-state index contributed by atoms with van der Waals surface area (Å²) >= 11 is 1.22. The van der Waals surface area contributed by atoms with E-state index in [1.54, 1.807) is 12.1 Å². The monoisotopic (exact) mass is 379 g/mol. The van der Waals surface area contributed by atoms with E-state index in [1.807, 2.05) is 37.3 Å². The zero-order valence-electron chi connectivity index (χ0n) is 14.7. The second kappa shape index (κ2) is 7.36. The molecule has 1 aromatic heterocycles. The van der Waals surface area contributed by atoms with Crippen LogP contribution in [-0.4, -0.2) is 27.6 Å². The van der Waals surface area contributed by atoms with Crippen molar-refractivity contribution >= 4 is 29.1 Å². The standard InChI is InChI=1S/C20H17N3O3S/c1-12-3-2-4-15(9-12)19-22-23-20(26-19)27-11-17(24)14-5-7-16-13(10-14)6-8-18(25)21-16/h2-5,7,9-10H,6,8,11H2,1H3,(H,21,25). The molecule has 0 atom stereocenters. The summed E-state index contributed by atoms with van der Waals surface area (Å²) in [6, 6.07) is 13.2. The first-order valence-corrected chi connectivity index (χ1v) is 9.56. The molecule has 3 aromatic rings. The number of benzene rings is 2. The van der Waals surface area contributed by atoms with Crippen molar-refractivity contribution in [1.29, 1.82) is 0 Å². The van der Waals surface area contributed by atoms with Gasteiger partial charge in [-0.2, -0.15) is 0 Å². The molecule has 1 aliphatic heterocycles. The number of fused-ring (bicyclic) bond motifs is 1. The molecule has 0 spiro atoms. The van der Waals surface area contributed by atoms with Crippen molar-refractivity contribution in [2.24, 2.45) is 0 Å². The van der Waals surface area contributed by atoms with Crippen molar-refractivity contribution < 1.29 is 14.0 Å². The van der Waals surface area contributed by atoms with E-state index in [0.717, 1.165) is 22.4 Å². The van der Waals surface area contributed by atoms with Crippen LogP contribution in [0.5, 0.6) is 0 Å². The Hall–Kier alpha value is -2.93. The molecule has 1 aliphatic rings. The Morgan fingerprint density at radius 1 is 1.19 bits per heavy atom. The molecule has 6 nitrogen and oxygen atoms in total. The average Bonchev–Trinajstić information content (AvgIpc) is 3.15. The summed E-state index contributed by atoms with van der Waals surface area (Å²) in [4.78, 5) is 23.9. The number of hydrogen-bond acceptors (Lipinski definition) is 6. The van der Waals surface area contributed by atoms with E-state index in [2.05, 4.69) is 15.5 Å². The van der Waals surface area contributed by atoms with Crippen LogP contribution in [0, 0.1) is 6.92 Å². The van der Waals surface area contributed by atoms with Crippen LogP contribution < -0.4 is 5.32 Å². The summed E-state index contributed by atoms with van der Waals surface area (Å²) in [5.41, 5.74) is 4.37. The zero-order valence-corrected chi connectivity index (χ0v) is 15.5. The Kier molecular flexibility index (Phi) is 4.77.